The Morgan fingerprint density at radius 3 is 2.35 bits per heavy atom. The van der Waals surface area contributed by atoms with E-state index in [0.717, 1.165) is 45.3 Å². The SMILES string of the molecule is CCC1(C(=O)N2C3CCC2COC3)CCCC1. The normalized spacial score (nSPS) is 35.2. The van der Waals surface area contributed by atoms with Gasteiger partial charge in [-0.05, 0) is 32.1 Å². The summed E-state index contributed by atoms with van der Waals surface area (Å²) in [5, 5.41) is 0. The molecular formula is C14H23NO2. The van der Waals surface area contributed by atoms with Crippen molar-refractivity contribution >= 4 is 5.91 Å². The highest BCUT2D eigenvalue weighted by Crippen LogP contribution is 2.45. The zero-order valence-electron chi connectivity index (χ0n) is 10.8. The first-order valence-electron chi connectivity index (χ1n) is 7.17. The van der Waals surface area contributed by atoms with Gasteiger partial charge in [-0.3, -0.25) is 4.79 Å². The lowest BCUT2D eigenvalue weighted by Crippen LogP contribution is -2.54. The molecule has 3 rings (SSSR count). The second-order valence-electron chi connectivity index (χ2n) is 5.98. The summed E-state index contributed by atoms with van der Waals surface area (Å²) < 4.78 is 5.57. The van der Waals surface area contributed by atoms with Crippen molar-refractivity contribution in [3.63, 3.8) is 0 Å². The molecule has 0 spiro atoms. The average molecular weight is 237 g/mol. The molecule has 2 saturated heterocycles. The monoisotopic (exact) mass is 237 g/mol. The first-order chi connectivity index (χ1) is 8.27. The topological polar surface area (TPSA) is 29.5 Å². The molecule has 0 aromatic rings. The summed E-state index contributed by atoms with van der Waals surface area (Å²) in [5.74, 6) is 0.452. The molecule has 2 heterocycles. The molecule has 3 nitrogen and oxygen atoms in total. The van der Waals surface area contributed by atoms with Gasteiger partial charge in [0.1, 0.15) is 0 Å². The van der Waals surface area contributed by atoms with Gasteiger partial charge in [0.05, 0.1) is 25.3 Å². The third-order valence-electron chi connectivity index (χ3n) is 5.17. The maximum absolute atomic E-state index is 12.9. The number of carbonyl (C=O) groups is 1. The molecule has 2 bridgehead atoms. The first kappa shape index (κ1) is 11.5. The van der Waals surface area contributed by atoms with E-state index in [1.807, 2.05) is 0 Å². The quantitative estimate of drug-likeness (QED) is 0.738. The molecule has 3 heteroatoms. The lowest BCUT2D eigenvalue weighted by Gasteiger charge is -2.40. The summed E-state index contributed by atoms with van der Waals surface area (Å²) in [7, 11) is 0. The van der Waals surface area contributed by atoms with Crippen molar-refractivity contribution < 1.29 is 9.53 Å². The lowest BCUT2D eigenvalue weighted by atomic mass is 9.81. The highest BCUT2D eigenvalue weighted by atomic mass is 16.5. The van der Waals surface area contributed by atoms with Crippen molar-refractivity contribution in [2.75, 3.05) is 13.2 Å². The standard InChI is InChI=1S/C14H23NO2/c1-2-14(7-3-4-8-14)13(16)15-11-5-6-12(15)10-17-9-11/h11-12H,2-10H2,1H3. The molecule has 1 saturated carbocycles. The predicted octanol–water partition coefficient (Wildman–Crippen LogP) is 2.35. The Kier molecular flexibility index (Phi) is 2.89. The van der Waals surface area contributed by atoms with Crippen molar-refractivity contribution in [1.29, 1.82) is 0 Å². The number of rotatable bonds is 2. The summed E-state index contributed by atoms with van der Waals surface area (Å²) in [5.41, 5.74) is -0.0157. The van der Waals surface area contributed by atoms with Crippen molar-refractivity contribution in [1.82, 2.24) is 4.90 Å². The second-order valence-corrected chi connectivity index (χ2v) is 5.98. The molecule has 3 aliphatic rings. The summed E-state index contributed by atoms with van der Waals surface area (Å²) in [6.45, 7) is 3.72. The third kappa shape index (κ3) is 1.70. The number of amides is 1. The van der Waals surface area contributed by atoms with Crippen LogP contribution >= 0.6 is 0 Å². The van der Waals surface area contributed by atoms with E-state index in [0.29, 0.717) is 18.0 Å². The highest BCUT2D eigenvalue weighted by Gasteiger charge is 2.48. The van der Waals surface area contributed by atoms with Crippen LogP contribution in [0.1, 0.15) is 51.9 Å². The van der Waals surface area contributed by atoms with Crippen LogP contribution in [-0.4, -0.2) is 36.1 Å². The Hall–Kier alpha value is -0.570. The Bertz CT molecular complexity index is 293. The molecule has 2 atom stereocenters. The smallest absolute Gasteiger partial charge is 0.229 e. The molecule has 1 amide bonds. The summed E-state index contributed by atoms with van der Waals surface area (Å²) in [6, 6.07) is 0.760. The van der Waals surface area contributed by atoms with E-state index in [4.69, 9.17) is 4.74 Å². The van der Waals surface area contributed by atoms with E-state index in [1.165, 1.54) is 12.8 Å². The van der Waals surface area contributed by atoms with E-state index in [-0.39, 0.29) is 5.41 Å². The molecule has 0 aromatic heterocycles. The van der Waals surface area contributed by atoms with Gasteiger partial charge in [0.2, 0.25) is 5.91 Å². The van der Waals surface area contributed by atoms with E-state index in [1.54, 1.807) is 0 Å². The Morgan fingerprint density at radius 1 is 1.24 bits per heavy atom. The number of nitrogens with zero attached hydrogens (tertiary/aromatic N) is 1. The second kappa shape index (κ2) is 4.27. The number of fused-ring (bicyclic) bond motifs is 2. The van der Waals surface area contributed by atoms with E-state index < -0.39 is 0 Å². The molecule has 0 N–H and O–H groups in total. The zero-order chi connectivity index (χ0) is 11.9. The van der Waals surface area contributed by atoms with E-state index in [9.17, 15) is 4.79 Å². The average Bonchev–Trinajstić information content (AvgIpc) is 2.93. The molecule has 2 unspecified atom stereocenters. The Labute approximate surface area is 104 Å². The van der Waals surface area contributed by atoms with Gasteiger partial charge in [0.15, 0.2) is 0 Å². The maximum Gasteiger partial charge on any atom is 0.229 e. The molecular weight excluding hydrogens is 214 g/mol. The number of hydrogen-bond donors (Lipinski definition) is 0. The molecule has 17 heavy (non-hydrogen) atoms. The van der Waals surface area contributed by atoms with Crippen LogP contribution in [0.4, 0.5) is 0 Å². The molecule has 1 aliphatic carbocycles. The van der Waals surface area contributed by atoms with Crippen LogP contribution in [0.3, 0.4) is 0 Å². The zero-order valence-corrected chi connectivity index (χ0v) is 10.8. The van der Waals surface area contributed by atoms with Crippen LogP contribution in [0.25, 0.3) is 0 Å². The number of morpholine rings is 1. The van der Waals surface area contributed by atoms with Crippen LogP contribution in [0.5, 0.6) is 0 Å². The molecule has 96 valence electrons. The predicted molar refractivity (Wildman–Crippen MR) is 65.7 cm³/mol. The van der Waals surface area contributed by atoms with Crippen LogP contribution in [0.15, 0.2) is 0 Å². The van der Waals surface area contributed by atoms with E-state index >= 15 is 0 Å². The van der Waals surface area contributed by atoms with Crippen molar-refractivity contribution in [3.8, 4) is 0 Å². The van der Waals surface area contributed by atoms with Crippen LogP contribution < -0.4 is 0 Å². The molecule has 3 fully saturated rings. The fourth-order valence-electron chi connectivity index (χ4n) is 4.00. The minimum atomic E-state index is -0.0157. The van der Waals surface area contributed by atoms with Gasteiger partial charge >= 0.3 is 0 Å². The fourth-order valence-corrected chi connectivity index (χ4v) is 4.00. The van der Waals surface area contributed by atoms with Gasteiger partial charge in [-0.2, -0.15) is 0 Å². The van der Waals surface area contributed by atoms with Crippen molar-refractivity contribution in [2.24, 2.45) is 5.41 Å². The lowest BCUT2D eigenvalue weighted by molar-refractivity contribution is -0.152. The summed E-state index contributed by atoms with van der Waals surface area (Å²) in [4.78, 5) is 15.1. The van der Waals surface area contributed by atoms with Crippen molar-refractivity contribution in [3.05, 3.63) is 0 Å². The van der Waals surface area contributed by atoms with Gasteiger partial charge in [-0.1, -0.05) is 19.8 Å². The summed E-state index contributed by atoms with van der Waals surface area (Å²) in [6.07, 6.45) is 8.01. The van der Waals surface area contributed by atoms with Gasteiger partial charge in [0.25, 0.3) is 0 Å². The summed E-state index contributed by atoms with van der Waals surface area (Å²) >= 11 is 0. The van der Waals surface area contributed by atoms with E-state index in [2.05, 4.69) is 11.8 Å². The minimum Gasteiger partial charge on any atom is -0.377 e. The maximum atomic E-state index is 12.9. The van der Waals surface area contributed by atoms with Crippen LogP contribution in [0, 0.1) is 5.41 Å². The molecule has 0 radical (unpaired) electrons. The minimum absolute atomic E-state index is 0.0157. The van der Waals surface area contributed by atoms with Crippen LogP contribution in [0.2, 0.25) is 0 Å². The number of carbonyl (C=O) groups excluding carboxylic acids is 1. The number of hydrogen-bond acceptors (Lipinski definition) is 2. The highest BCUT2D eigenvalue weighted by molar-refractivity contribution is 5.84. The molecule has 2 aliphatic heterocycles. The fraction of sp³-hybridized carbons (Fsp3) is 0.929. The van der Waals surface area contributed by atoms with Gasteiger partial charge in [-0.15, -0.1) is 0 Å². The van der Waals surface area contributed by atoms with Crippen molar-refractivity contribution in [2.45, 2.75) is 64.0 Å². The van der Waals surface area contributed by atoms with Gasteiger partial charge in [-0.25, -0.2) is 0 Å². The largest absolute Gasteiger partial charge is 0.377 e. The van der Waals surface area contributed by atoms with Gasteiger partial charge in [0, 0.05) is 5.41 Å². The van der Waals surface area contributed by atoms with Gasteiger partial charge < -0.3 is 9.64 Å². The Balaban J connectivity index is 1.81. The first-order valence-corrected chi connectivity index (χ1v) is 7.17. The Morgan fingerprint density at radius 2 is 1.82 bits per heavy atom. The third-order valence-corrected chi connectivity index (χ3v) is 5.17. The molecule has 0 aromatic carbocycles. The van der Waals surface area contributed by atoms with Crippen LogP contribution in [-0.2, 0) is 9.53 Å². The number of ether oxygens (including phenoxy) is 1.